The van der Waals surface area contributed by atoms with Crippen LogP contribution in [0.15, 0.2) is 30.3 Å². The Bertz CT molecular complexity index is 738. The van der Waals surface area contributed by atoms with Gasteiger partial charge >= 0.3 is 5.97 Å². The van der Waals surface area contributed by atoms with Gasteiger partial charge in [-0.15, -0.1) is 0 Å². The average molecular weight is 385 g/mol. The van der Waals surface area contributed by atoms with Crippen LogP contribution in [0.5, 0.6) is 0 Å². The van der Waals surface area contributed by atoms with Gasteiger partial charge in [-0.1, -0.05) is 63.7 Å². The Labute approximate surface area is 165 Å². The molecule has 0 bridgehead atoms. The first-order valence-corrected chi connectivity index (χ1v) is 13.0. The molecule has 0 N–H and O–H groups in total. The minimum absolute atomic E-state index is 0.0585. The van der Waals surface area contributed by atoms with E-state index in [1.54, 1.807) is 0 Å². The molecule has 1 aromatic rings. The molecule has 0 radical (unpaired) electrons. The second-order valence-electron chi connectivity index (χ2n) is 9.48. The summed E-state index contributed by atoms with van der Waals surface area (Å²) in [5, 5.41) is 0.0585. The molecule has 2 fully saturated rings. The van der Waals surface area contributed by atoms with E-state index in [9.17, 15) is 4.79 Å². The lowest BCUT2D eigenvalue weighted by Gasteiger charge is -2.45. The summed E-state index contributed by atoms with van der Waals surface area (Å²) in [6.07, 6.45) is 3.63. The Morgan fingerprint density at radius 2 is 1.93 bits per heavy atom. The molecule has 1 saturated carbocycles. The van der Waals surface area contributed by atoms with Gasteiger partial charge in [-0.25, -0.2) is 0 Å². The van der Waals surface area contributed by atoms with E-state index in [0.717, 1.165) is 31.2 Å². The molecule has 1 saturated heterocycles. The third kappa shape index (κ3) is 3.86. The fraction of sp³-hybridized carbons (Fsp3) is 0.609. The Morgan fingerprint density at radius 1 is 1.22 bits per heavy atom. The maximum Gasteiger partial charge on any atom is 0.316 e. The van der Waals surface area contributed by atoms with Crippen molar-refractivity contribution >= 4 is 14.3 Å². The highest BCUT2D eigenvalue weighted by Gasteiger charge is 2.59. The number of hydrogen-bond donors (Lipinski definition) is 0. The third-order valence-corrected chi connectivity index (χ3v) is 11.2. The molecule has 0 unspecified atom stereocenters. The van der Waals surface area contributed by atoms with Gasteiger partial charge in [0.15, 0.2) is 8.32 Å². The highest BCUT2D eigenvalue weighted by Crippen LogP contribution is 2.51. The molecule has 1 aromatic carbocycles. The standard InChI is InChI=1S/C23H32O3Si/c1-22(2,3)27(4,5)26-20(15-14-18-11-7-6-8-12-18)23-16-10-9-13-19(23)17-25-21(23)24/h6-8,11-12,19-20H,9-10,13,16-17H2,1-5H3/t19-,20-,23-/m1/s1. The predicted molar refractivity (Wildman–Crippen MR) is 111 cm³/mol. The van der Waals surface area contributed by atoms with Gasteiger partial charge in [0.1, 0.15) is 11.5 Å². The van der Waals surface area contributed by atoms with Crippen molar-refractivity contribution in [3.05, 3.63) is 35.9 Å². The first-order valence-electron chi connectivity index (χ1n) is 10.1. The van der Waals surface area contributed by atoms with Crippen LogP contribution in [0.3, 0.4) is 0 Å². The molecule has 0 spiro atoms. The van der Waals surface area contributed by atoms with Crippen LogP contribution in [-0.2, 0) is 14.0 Å². The van der Waals surface area contributed by atoms with Crippen LogP contribution in [0, 0.1) is 23.2 Å². The summed E-state index contributed by atoms with van der Waals surface area (Å²) in [7, 11) is -2.10. The molecular formula is C23H32O3Si. The van der Waals surface area contributed by atoms with E-state index >= 15 is 0 Å². The van der Waals surface area contributed by atoms with Gasteiger partial charge in [0.05, 0.1) is 6.61 Å². The summed E-state index contributed by atoms with van der Waals surface area (Å²) in [5.41, 5.74) is 0.353. The number of carbonyl (C=O) groups is 1. The summed E-state index contributed by atoms with van der Waals surface area (Å²) >= 11 is 0. The number of ether oxygens (including phenoxy) is 1. The number of benzene rings is 1. The number of rotatable bonds is 3. The van der Waals surface area contributed by atoms with Crippen molar-refractivity contribution in [1.29, 1.82) is 0 Å². The van der Waals surface area contributed by atoms with Crippen LogP contribution < -0.4 is 0 Å². The second-order valence-corrected chi connectivity index (χ2v) is 14.2. The molecule has 1 aliphatic carbocycles. The Morgan fingerprint density at radius 3 is 2.59 bits per heavy atom. The third-order valence-electron chi connectivity index (χ3n) is 6.73. The summed E-state index contributed by atoms with van der Waals surface area (Å²) in [5.74, 6) is 6.79. The van der Waals surface area contributed by atoms with Crippen molar-refractivity contribution in [1.82, 2.24) is 0 Å². The van der Waals surface area contributed by atoms with E-state index in [2.05, 4.69) is 45.7 Å². The molecule has 2 aliphatic rings. The van der Waals surface area contributed by atoms with E-state index in [1.165, 1.54) is 0 Å². The van der Waals surface area contributed by atoms with Crippen LogP contribution in [0.2, 0.25) is 18.1 Å². The normalized spacial score (nSPS) is 26.6. The smallest absolute Gasteiger partial charge is 0.316 e. The van der Waals surface area contributed by atoms with Crippen LogP contribution in [0.1, 0.15) is 52.0 Å². The first kappa shape index (κ1) is 20.2. The molecule has 3 rings (SSSR count). The highest BCUT2D eigenvalue weighted by atomic mass is 28.4. The van der Waals surface area contributed by atoms with E-state index in [4.69, 9.17) is 9.16 Å². The predicted octanol–water partition coefficient (Wildman–Crippen LogP) is 5.16. The lowest BCUT2D eigenvalue weighted by molar-refractivity contribution is -0.151. The average Bonchev–Trinajstić information content (AvgIpc) is 2.96. The van der Waals surface area contributed by atoms with E-state index in [0.29, 0.717) is 6.61 Å². The summed E-state index contributed by atoms with van der Waals surface area (Å²) in [6, 6.07) is 9.95. The number of hydrogen-bond acceptors (Lipinski definition) is 3. The zero-order valence-corrected chi connectivity index (χ0v) is 18.3. The number of cyclic esters (lactones) is 1. The van der Waals surface area contributed by atoms with Gasteiger partial charge in [0, 0.05) is 11.5 Å². The fourth-order valence-corrected chi connectivity index (χ4v) is 5.15. The number of esters is 1. The molecule has 0 aromatic heterocycles. The van der Waals surface area contributed by atoms with Crippen molar-refractivity contribution in [3.63, 3.8) is 0 Å². The van der Waals surface area contributed by atoms with Gasteiger partial charge in [0.25, 0.3) is 0 Å². The summed E-state index contributed by atoms with van der Waals surface area (Å²) in [6.45, 7) is 11.7. The SMILES string of the molecule is CC(C)(C)[Si](C)(C)O[C@H](C#Cc1ccccc1)[C@@]12CCCC[C@@H]1COC2=O. The summed E-state index contributed by atoms with van der Waals surface area (Å²) < 4.78 is 12.4. The molecule has 1 heterocycles. The van der Waals surface area contributed by atoms with Crippen molar-refractivity contribution in [2.24, 2.45) is 11.3 Å². The van der Waals surface area contributed by atoms with Gasteiger partial charge in [-0.3, -0.25) is 4.79 Å². The maximum absolute atomic E-state index is 13.0. The van der Waals surface area contributed by atoms with Gasteiger partial charge < -0.3 is 9.16 Å². The van der Waals surface area contributed by atoms with E-state index < -0.39 is 19.8 Å². The Hall–Kier alpha value is -1.57. The van der Waals surface area contributed by atoms with Gasteiger partial charge in [0.2, 0.25) is 0 Å². The summed E-state index contributed by atoms with van der Waals surface area (Å²) in [4.78, 5) is 13.0. The van der Waals surface area contributed by atoms with Gasteiger partial charge in [-0.2, -0.15) is 0 Å². The quantitative estimate of drug-likeness (QED) is 0.410. The zero-order valence-electron chi connectivity index (χ0n) is 17.3. The minimum atomic E-state index is -2.10. The molecule has 3 nitrogen and oxygen atoms in total. The van der Waals surface area contributed by atoms with E-state index in [-0.39, 0.29) is 16.9 Å². The minimum Gasteiger partial charge on any atom is -0.465 e. The maximum atomic E-state index is 13.0. The number of fused-ring (bicyclic) bond motifs is 1. The molecular weight excluding hydrogens is 352 g/mol. The molecule has 4 heteroatoms. The Balaban J connectivity index is 2.02. The Kier molecular flexibility index (Phi) is 5.56. The molecule has 3 atom stereocenters. The highest BCUT2D eigenvalue weighted by molar-refractivity contribution is 6.74. The lowest BCUT2D eigenvalue weighted by atomic mass is 9.64. The molecule has 27 heavy (non-hydrogen) atoms. The van der Waals surface area contributed by atoms with Crippen molar-refractivity contribution in [2.75, 3.05) is 6.61 Å². The van der Waals surface area contributed by atoms with Crippen molar-refractivity contribution < 1.29 is 14.0 Å². The fourth-order valence-electron chi connectivity index (χ4n) is 3.94. The van der Waals surface area contributed by atoms with Crippen LogP contribution in [0.4, 0.5) is 0 Å². The molecule has 146 valence electrons. The van der Waals surface area contributed by atoms with Crippen LogP contribution >= 0.6 is 0 Å². The van der Waals surface area contributed by atoms with E-state index in [1.807, 2.05) is 30.3 Å². The largest absolute Gasteiger partial charge is 0.465 e. The van der Waals surface area contributed by atoms with Crippen LogP contribution in [0.25, 0.3) is 0 Å². The first-order chi connectivity index (χ1) is 12.7. The van der Waals surface area contributed by atoms with Crippen molar-refractivity contribution in [2.45, 2.75) is 70.7 Å². The van der Waals surface area contributed by atoms with Crippen LogP contribution in [-0.4, -0.2) is 27.0 Å². The number of carbonyl (C=O) groups excluding carboxylic acids is 1. The van der Waals surface area contributed by atoms with Crippen molar-refractivity contribution in [3.8, 4) is 11.8 Å². The zero-order chi connectivity index (χ0) is 19.7. The second kappa shape index (κ2) is 7.45. The van der Waals surface area contributed by atoms with Gasteiger partial charge in [-0.05, 0) is 43.1 Å². The topological polar surface area (TPSA) is 35.5 Å². The molecule has 1 aliphatic heterocycles. The monoisotopic (exact) mass is 384 g/mol. The lowest BCUT2D eigenvalue weighted by Crippen LogP contribution is -2.53. The molecule has 0 amide bonds.